The van der Waals surface area contributed by atoms with E-state index in [4.69, 9.17) is 0 Å². The van der Waals surface area contributed by atoms with Gasteiger partial charge >= 0.3 is 0 Å². The number of thiophene rings is 1. The van der Waals surface area contributed by atoms with Gasteiger partial charge in [0.1, 0.15) is 11.2 Å². The fraction of sp³-hybridized carbons (Fsp3) is 0. The predicted octanol–water partition coefficient (Wildman–Crippen LogP) is 2.24. The summed E-state index contributed by atoms with van der Waals surface area (Å²) in [5, 5.41) is 2.31. The molecule has 62 valence electrons. The first-order valence-electron chi connectivity index (χ1n) is 3.87. The lowest BCUT2D eigenvalue weighted by Gasteiger charge is -1.86. The van der Waals surface area contributed by atoms with Crippen LogP contribution in [0, 0.1) is 0 Å². The van der Waals surface area contributed by atoms with Crippen molar-refractivity contribution in [3.8, 4) is 0 Å². The van der Waals surface area contributed by atoms with E-state index in [0.717, 1.165) is 14.9 Å². The molecule has 0 fully saturated rings. The molecule has 0 spiro atoms. The standard InChI is InChI=1S/C9H5N3S/c1-2-10-4-8-6(1)7-3-11-5-12-9(7)13-8/h1-5H. The molecule has 0 unspecified atom stereocenters. The average Bonchev–Trinajstić information content (AvgIpc) is 2.56. The highest BCUT2D eigenvalue weighted by Crippen LogP contribution is 2.30. The van der Waals surface area contributed by atoms with Crippen LogP contribution < -0.4 is 0 Å². The van der Waals surface area contributed by atoms with Gasteiger partial charge in [0.25, 0.3) is 0 Å². The first kappa shape index (κ1) is 6.91. The molecule has 0 aliphatic heterocycles. The molecule has 3 aromatic heterocycles. The third-order valence-corrected chi connectivity index (χ3v) is 3.02. The van der Waals surface area contributed by atoms with Crippen LogP contribution in [0.15, 0.2) is 31.0 Å². The Morgan fingerprint density at radius 1 is 1.08 bits per heavy atom. The van der Waals surface area contributed by atoms with Crippen LogP contribution in [-0.4, -0.2) is 15.0 Å². The smallest absolute Gasteiger partial charge is 0.127 e. The summed E-state index contributed by atoms with van der Waals surface area (Å²) in [5.41, 5.74) is 0. The number of rotatable bonds is 0. The van der Waals surface area contributed by atoms with Crippen molar-refractivity contribution in [2.75, 3.05) is 0 Å². The Morgan fingerprint density at radius 3 is 3.08 bits per heavy atom. The number of aromatic nitrogens is 3. The third kappa shape index (κ3) is 0.922. The Morgan fingerprint density at radius 2 is 2.08 bits per heavy atom. The molecule has 4 heteroatoms. The number of nitrogens with zero attached hydrogens (tertiary/aromatic N) is 3. The van der Waals surface area contributed by atoms with E-state index >= 15 is 0 Å². The van der Waals surface area contributed by atoms with Crippen LogP contribution in [0.2, 0.25) is 0 Å². The molecule has 0 radical (unpaired) electrons. The molecule has 0 aliphatic carbocycles. The van der Waals surface area contributed by atoms with Crippen molar-refractivity contribution in [3.63, 3.8) is 0 Å². The normalized spacial score (nSPS) is 11.1. The molecule has 0 atom stereocenters. The van der Waals surface area contributed by atoms with Crippen LogP contribution in [0.4, 0.5) is 0 Å². The lowest BCUT2D eigenvalue weighted by molar-refractivity contribution is 1.24. The third-order valence-electron chi connectivity index (χ3n) is 1.96. The lowest BCUT2D eigenvalue weighted by atomic mass is 10.2. The molecule has 0 N–H and O–H groups in total. The Bertz CT molecular complexity index is 523. The maximum absolute atomic E-state index is 4.20. The minimum absolute atomic E-state index is 1.03. The number of hydrogen-bond acceptors (Lipinski definition) is 4. The molecular formula is C9H5N3S. The second-order valence-electron chi connectivity index (χ2n) is 2.72. The maximum atomic E-state index is 4.20. The van der Waals surface area contributed by atoms with Crippen molar-refractivity contribution in [1.29, 1.82) is 0 Å². The fourth-order valence-electron chi connectivity index (χ4n) is 1.37. The maximum Gasteiger partial charge on any atom is 0.127 e. The molecule has 0 bridgehead atoms. The molecule has 3 aromatic rings. The molecule has 13 heavy (non-hydrogen) atoms. The van der Waals surface area contributed by atoms with Gasteiger partial charge in [-0.25, -0.2) is 9.97 Å². The van der Waals surface area contributed by atoms with Gasteiger partial charge in [0.2, 0.25) is 0 Å². The summed E-state index contributed by atoms with van der Waals surface area (Å²) in [6, 6.07) is 2.00. The van der Waals surface area contributed by atoms with Gasteiger partial charge in [0.05, 0.1) is 4.70 Å². The minimum Gasteiger partial charge on any atom is -0.263 e. The summed E-state index contributed by atoms with van der Waals surface area (Å²) in [6.07, 6.45) is 7.08. The summed E-state index contributed by atoms with van der Waals surface area (Å²) in [5.74, 6) is 0. The van der Waals surface area contributed by atoms with Gasteiger partial charge in [-0.1, -0.05) is 0 Å². The molecule has 0 saturated carbocycles. The van der Waals surface area contributed by atoms with E-state index < -0.39 is 0 Å². The zero-order valence-electron chi connectivity index (χ0n) is 6.64. The molecule has 0 saturated heterocycles. The first-order valence-corrected chi connectivity index (χ1v) is 4.69. The second kappa shape index (κ2) is 2.47. The highest BCUT2D eigenvalue weighted by atomic mass is 32.1. The highest BCUT2D eigenvalue weighted by Gasteiger charge is 2.03. The fourth-order valence-corrected chi connectivity index (χ4v) is 2.35. The Balaban J connectivity index is 2.64. The van der Waals surface area contributed by atoms with Crippen molar-refractivity contribution in [2.24, 2.45) is 0 Å². The molecule has 0 aliphatic rings. The second-order valence-corrected chi connectivity index (χ2v) is 3.75. The van der Waals surface area contributed by atoms with E-state index in [1.807, 2.05) is 18.5 Å². The van der Waals surface area contributed by atoms with Crippen LogP contribution in [-0.2, 0) is 0 Å². The van der Waals surface area contributed by atoms with Crippen LogP contribution >= 0.6 is 11.3 Å². The summed E-state index contributed by atoms with van der Waals surface area (Å²) in [4.78, 5) is 13.3. The van der Waals surface area contributed by atoms with Crippen molar-refractivity contribution in [1.82, 2.24) is 15.0 Å². The van der Waals surface area contributed by atoms with E-state index in [9.17, 15) is 0 Å². The van der Waals surface area contributed by atoms with E-state index in [2.05, 4.69) is 15.0 Å². The molecule has 0 amide bonds. The molecule has 0 aromatic carbocycles. The zero-order chi connectivity index (χ0) is 8.67. The quantitative estimate of drug-likeness (QED) is 0.541. The number of fused-ring (bicyclic) bond motifs is 3. The van der Waals surface area contributed by atoms with Crippen LogP contribution in [0.1, 0.15) is 0 Å². The number of hydrogen-bond donors (Lipinski definition) is 0. The van der Waals surface area contributed by atoms with E-state index in [1.165, 1.54) is 5.39 Å². The minimum atomic E-state index is 1.03. The molecule has 3 nitrogen and oxygen atoms in total. The van der Waals surface area contributed by atoms with Crippen LogP contribution in [0.3, 0.4) is 0 Å². The van der Waals surface area contributed by atoms with Crippen molar-refractivity contribution < 1.29 is 0 Å². The van der Waals surface area contributed by atoms with Crippen LogP contribution in [0.5, 0.6) is 0 Å². The largest absolute Gasteiger partial charge is 0.263 e. The van der Waals surface area contributed by atoms with Gasteiger partial charge < -0.3 is 0 Å². The Hall–Kier alpha value is -1.55. The van der Waals surface area contributed by atoms with E-state index in [0.29, 0.717) is 0 Å². The summed E-state index contributed by atoms with van der Waals surface area (Å²) >= 11 is 1.65. The van der Waals surface area contributed by atoms with Gasteiger partial charge in [-0.3, -0.25) is 4.98 Å². The van der Waals surface area contributed by atoms with Gasteiger partial charge in [-0.2, -0.15) is 0 Å². The number of pyridine rings is 1. The lowest BCUT2D eigenvalue weighted by Crippen LogP contribution is -1.73. The van der Waals surface area contributed by atoms with Gasteiger partial charge in [0, 0.05) is 29.4 Å². The van der Waals surface area contributed by atoms with Crippen molar-refractivity contribution in [3.05, 3.63) is 31.0 Å². The molecular weight excluding hydrogens is 182 g/mol. The molecule has 3 heterocycles. The summed E-state index contributed by atoms with van der Waals surface area (Å²) in [7, 11) is 0. The van der Waals surface area contributed by atoms with E-state index in [-0.39, 0.29) is 0 Å². The first-order chi connectivity index (χ1) is 6.45. The Kier molecular flexibility index (Phi) is 1.31. The zero-order valence-corrected chi connectivity index (χ0v) is 7.45. The van der Waals surface area contributed by atoms with Gasteiger partial charge in [-0.05, 0) is 6.07 Å². The monoisotopic (exact) mass is 187 g/mol. The predicted molar refractivity (Wildman–Crippen MR) is 52.7 cm³/mol. The SMILES string of the molecule is c1cc2c(cn1)sc1ncncc12. The van der Waals surface area contributed by atoms with E-state index in [1.54, 1.807) is 23.9 Å². The van der Waals surface area contributed by atoms with Gasteiger partial charge in [0.15, 0.2) is 0 Å². The summed E-state index contributed by atoms with van der Waals surface area (Å²) < 4.78 is 1.16. The topological polar surface area (TPSA) is 38.7 Å². The van der Waals surface area contributed by atoms with Crippen LogP contribution in [0.25, 0.3) is 20.3 Å². The Labute approximate surface area is 78.1 Å². The van der Waals surface area contributed by atoms with Crippen molar-refractivity contribution >= 4 is 31.6 Å². The summed E-state index contributed by atoms with van der Waals surface area (Å²) in [6.45, 7) is 0. The van der Waals surface area contributed by atoms with Crippen molar-refractivity contribution in [2.45, 2.75) is 0 Å². The average molecular weight is 187 g/mol. The highest BCUT2D eigenvalue weighted by molar-refractivity contribution is 7.25. The molecule has 3 rings (SSSR count). The van der Waals surface area contributed by atoms with Gasteiger partial charge in [-0.15, -0.1) is 11.3 Å².